The Morgan fingerprint density at radius 2 is 2.27 bits per heavy atom. The molecule has 0 saturated carbocycles. The lowest BCUT2D eigenvalue weighted by molar-refractivity contribution is 0.0971. The fourth-order valence-electron chi connectivity index (χ4n) is 2.68. The molecule has 1 N–H and O–H groups in total. The number of rotatable bonds is 4. The van der Waals surface area contributed by atoms with Gasteiger partial charge in [0.05, 0.1) is 21.1 Å². The number of carbonyl (C=O) groups is 1. The van der Waals surface area contributed by atoms with E-state index in [9.17, 15) is 4.79 Å². The number of nitrogens with zero attached hydrogens (tertiary/aromatic N) is 3. The summed E-state index contributed by atoms with van der Waals surface area (Å²) in [6, 6.07) is 5.76. The minimum Gasteiger partial charge on any atom is -0.320 e. The first-order valence-electron chi connectivity index (χ1n) is 8.02. The lowest BCUT2D eigenvalue weighted by atomic mass is 10.1. The van der Waals surface area contributed by atoms with Crippen LogP contribution >= 0.6 is 34.3 Å². The van der Waals surface area contributed by atoms with Crippen molar-refractivity contribution in [2.24, 2.45) is 7.05 Å². The maximum atomic E-state index is 12.5. The molecule has 0 saturated heterocycles. The standard InChI is InChI=1S/C18H15ClN4OS2/c1-23-14(10-13(22-23)18-20-8-9-25-18)15-6-7-16(26-15)17(24)21-12-5-3-2-4-11(12)19/h3,5-10H,2,4H2,1H3,(H,21,24). The van der Waals surface area contributed by atoms with Crippen LogP contribution in [0.1, 0.15) is 22.5 Å². The van der Waals surface area contributed by atoms with Crippen molar-refractivity contribution in [2.75, 3.05) is 0 Å². The van der Waals surface area contributed by atoms with Crippen LogP contribution in [-0.2, 0) is 7.05 Å². The molecular weight excluding hydrogens is 388 g/mol. The summed E-state index contributed by atoms with van der Waals surface area (Å²) in [5.41, 5.74) is 2.47. The summed E-state index contributed by atoms with van der Waals surface area (Å²) in [5, 5.41) is 10.9. The maximum absolute atomic E-state index is 12.5. The van der Waals surface area contributed by atoms with Crippen LogP contribution < -0.4 is 5.32 Å². The van der Waals surface area contributed by atoms with Crippen molar-refractivity contribution in [3.63, 3.8) is 0 Å². The highest BCUT2D eigenvalue weighted by atomic mass is 35.5. The first-order valence-corrected chi connectivity index (χ1v) is 10.1. The van der Waals surface area contributed by atoms with Gasteiger partial charge >= 0.3 is 0 Å². The van der Waals surface area contributed by atoms with E-state index in [0.29, 0.717) is 15.6 Å². The van der Waals surface area contributed by atoms with Crippen molar-refractivity contribution in [3.05, 3.63) is 57.5 Å². The van der Waals surface area contributed by atoms with Crippen molar-refractivity contribution in [3.8, 4) is 21.3 Å². The van der Waals surface area contributed by atoms with Crippen molar-refractivity contribution in [2.45, 2.75) is 12.8 Å². The first kappa shape index (κ1) is 17.2. The number of carbonyl (C=O) groups excluding carboxylic acids is 1. The molecule has 5 nitrogen and oxygen atoms in total. The third kappa shape index (κ3) is 3.38. The van der Waals surface area contributed by atoms with Gasteiger partial charge in [0.25, 0.3) is 5.91 Å². The highest BCUT2D eigenvalue weighted by Gasteiger charge is 2.17. The van der Waals surface area contributed by atoms with Gasteiger partial charge < -0.3 is 5.32 Å². The Kier molecular flexibility index (Phi) is 4.76. The second kappa shape index (κ2) is 7.19. The van der Waals surface area contributed by atoms with Crippen LogP contribution in [0.5, 0.6) is 0 Å². The Hall–Kier alpha value is -2.22. The lowest BCUT2D eigenvalue weighted by Gasteiger charge is -2.11. The SMILES string of the molecule is Cn1nc(-c2nccs2)cc1-c1ccc(C(=O)NC2=C(Cl)CCC=C2)s1. The highest BCUT2D eigenvalue weighted by Crippen LogP contribution is 2.32. The van der Waals surface area contributed by atoms with E-state index in [4.69, 9.17) is 11.6 Å². The van der Waals surface area contributed by atoms with Gasteiger partial charge in [-0.05, 0) is 37.1 Å². The predicted molar refractivity (Wildman–Crippen MR) is 106 cm³/mol. The average Bonchev–Trinajstić information content (AvgIpc) is 3.36. The van der Waals surface area contributed by atoms with Gasteiger partial charge in [0.1, 0.15) is 10.7 Å². The van der Waals surface area contributed by atoms with Gasteiger partial charge in [-0.15, -0.1) is 22.7 Å². The van der Waals surface area contributed by atoms with E-state index in [1.54, 1.807) is 17.5 Å². The molecule has 1 aliphatic rings. The Balaban J connectivity index is 1.57. The molecule has 3 heterocycles. The van der Waals surface area contributed by atoms with Gasteiger partial charge in [0.2, 0.25) is 0 Å². The number of nitrogens with one attached hydrogen (secondary N) is 1. The van der Waals surface area contributed by atoms with Crippen LogP contribution in [0.15, 0.2) is 52.7 Å². The molecule has 0 aromatic carbocycles. The number of aromatic nitrogens is 3. The normalized spacial score (nSPS) is 14.1. The Bertz CT molecular complexity index is 1010. The zero-order valence-electron chi connectivity index (χ0n) is 13.9. The molecule has 132 valence electrons. The minimum atomic E-state index is -0.150. The molecule has 0 bridgehead atoms. The number of hydrogen-bond donors (Lipinski definition) is 1. The fourth-order valence-corrected chi connectivity index (χ4v) is 4.44. The summed E-state index contributed by atoms with van der Waals surface area (Å²) in [7, 11) is 1.89. The van der Waals surface area contributed by atoms with Crippen LogP contribution in [0.2, 0.25) is 0 Å². The second-order valence-corrected chi connectivity index (χ2v) is 8.19. The molecule has 0 unspecified atom stereocenters. The maximum Gasteiger partial charge on any atom is 0.265 e. The molecule has 0 atom stereocenters. The molecule has 26 heavy (non-hydrogen) atoms. The smallest absolute Gasteiger partial charge is 0.265 e. The third-order valence-corrected chi connectivity index (χ3v) is 6.26. The van der Waals surface area contributed by atoms with Crippen LogP contribution in [0.4, 0.5) is 0 Å². The number of thiazole rings is 1. The van der Waals surface area contributed by atoms with Crippen molar-refractivity contribution in [1.82, 2.24) is 20.1 Å². The molecule has 0 aliphatic heterocycles. The van der Waals surface area contributed by atoms with Gasteiger partial charge in [-0.25, -0.2) is 4.98 Å². The summed E-state index contributed by atoms with van der Waals surface area (Å²) < 4.78 is 1.81. The highest BCUT2D eigenvalue weighted by molar-refractivity contribution is 7.17. The molecule has 1 aliphatic carbocycles. The van der Waals surface area contributed by atoms with E-state index in [-0.39, 0.29) is 5.91 Å². The quantitative estimate of drug-likeness (QED) is 0.681. The molecule has 4 rings (SSSR count). The first-order chi connectivity index (χ1) is 12.6. The molecule has 0 spiro atoms. The van der Waals surface area contributed by atoms with Gasteiger partial charge in [0, 0.05) is 23.7 Å². The van der Waals surface area contributed by atoms with E-state index in [1.165, 1.54) is 11.3 Å². The van der Waals surface area contributed by atoms with Gasteiger partial charge in [0.15, 0.2) is 0 Å². The fraction of sp³-hybridized carbons (Fsp3) is 0.167. The van der Waals surface area contributed by atoms with Gasteiger partial charge in [-0.2, -0.15) is 5.10 Å². The number of aryl methyl sites for hydroxylation is 1. The summed E-state index contributed by atoms with van der Waals surface area (Å²) in [6.07, 6.45) is 7.30. The molecule has 3 aromatic heterocycles. The van der Waals surface area contributed by atoms with E-state index >= 15 is 0 Å². The Labute approximate surface area is 163 Å². The Morgan fingerprint density at radius 3 is 3.04 bits per heavy atom. The van der Waals surface area contributed by atoms with E-state index in [1.807, 2.05) is 47.5 Å². The zero-order valence-corrected chi connectivity index (χ0v) is 16.3. The number of halogens is 1. The number of amides is 1. The predicted octanol–water partition coefficient (Wildman–Crippen LogP) is 4.80. The monoisotopic (exact) mass is 402 g/mol. The van der Waals surface area contributed by atoms with Crippen LogP contribution in [0, 0.1) is 0 Å². The van der Waals surface area contributed by atoms with Crippen LogP contribution in [-0.4, -0.2) is 20.7 Å². The van der Waals surface area contributed by atoms with Crippen LogP contribution in [0.25, 0.3) is 21.3 Å². The van der Waals surface area contributed by atoms with E-state index in [0.717, 1.165) is 34.1 Å². The zero-order chi connectivity index (χ0) is 18.1. The second-order valence-electron chi connectivity index (χ2n) is 5.75. The van der Waals surface area contributed by atoms with E-state index < -0.39 is 0 Å². The van der Waals surface area contributed by atoms with Crippen LogP contribution in [0.3, 0.4) is 0 Å². The summed E-state index contributed by atoms with van der Waals surface area (Å²) in [4.78, 5) is 18.4. The number of allylic oxidation sites excluding steroid dienone is 3. The molecular formula is C18H15ClN4OS2. The third-order valence-electron chi connectivity index (χ3n) is 3.97. The van der Waals surface area contributed by atoms with Crippen molar-refractivity contribution < 1.29 is 4.79 Å². The van der Waals surface area contributed by atoms with Crippen molar-refractivity contribution >= 4 is 40.2 Å². The lowest BCUT2D eigenvalue weighted by Crippen LogP contribution is -2.22. The largest absolute Gasteiger partial charge is 0.320 e. The van der Waals surface area contributed by atoms with Gasteiger partial charge in [-0.3, -0.25) is 9.48 Å². The molecule has 0 radical (unpaired) electrons. The summed E-state index contributed by atoms with van der Waals surface area (Å²) in [6.45, 7) is 0. The van der Waals surface area contributed by atoms with Gasteiger partial charge in [-0.1, -0.05) is 17.7 Å². The van der Waals surface area contributed by atoms with Crippen molar-refractivity contribution in [1.29, 1.82) is 0 Å². The average molecular weight is 403 g/mol. The molecule has 0 fully saturated rings. The number of hydrogen-bond acceptors (Lipinski definition) is 5. The van der Waals surface area contributed by atoms with E-state index in [2.05, 4.69) is 15.4 Å². The molecule has 3 aromatic rings. The summed E-state index contributed by atoms with van der Waals surface area (Å²) in [5.74, 6) is -0.150. The number of thiophene rings is 1. The Morgan fingerprint density at radius 1 is 1.38 bits per heavy atom. The molecule has 1 amide bonds. The minimum absolute atomic E-state index is 0.150. The topological polar surface area (TPSA) is 59.8 Å². The summed E-state index contributed by atoms with van der Waals surface area (Å²) >= 11 is 9.17. The molecule has 8 heteroatoms.